The average molecular weight is 394 g/mol. The number of para-hydroxylation sites is 1. The minimum Gasteiger partial charge on any atom is -0.497 e. The summed E-state index contributed by atoms with van der Waals surface area (Å²) in [4.78, 5) is 0. The van der Waals surface area contributed by atoms with Crippen LogP contribution in [0.3, 0.4) is 0 Å². The summed E-state index contributed by atoms with van der Waals surface area (Å²) in [5.74, 6) is 0.866. The van der Waals surface area contributed by atoms with E-state index in [9.17, 15) is 0 Å². The number of hydrogen-bond donors (Lipinski definition) is 0. The molecule has 0 saturated carbocycles. The lowest BCUT2D eigenvalue weighted by Gasteiger charge is -2.19. The van der Waals surface area contributed by atoms with Crippen LogP contribution in [0, 0.1) is 0 Å². The van der Waals surface area contributed by atoms with Crippen LogP contribution in [-0.2, 0) is 22.5 Å². The van der Waals surface area contributed by atoms with Gasteiger partial charge in [-0.15, -0.1) is 0 Å². The molecule has 0 saturated heterocycles. The fourth-order valence-electron chi connectivity index (χ4n) is 4.42. The van der Waals surface area contributed by atoms with Crippen LogP contribution in [-0.4, -0.2) is 17.8 Å². The molecule has 29 heavy (non-hydrogen) atoms. The summed E-state index contributed by atoms with van der Waals surface area (Å²) in [6.45, 7) is 7.02. The van der Waals surface area contributed by atoms with E-state index in [1.165, 1.54) is 22.2 Å². The van der Waals surface area contributed by atoms with E-state index in [1.807, 2.05) is 12.1 Å². The minimum absolute atomic E-state index is 0.0152. The Hall–Kier alpha value is -2.30. The molecular weight excluding hydrogens is 362 g/mol. The highest BCUT2D eigenvalue weighted by Gasteiger charge is 2.37. The highest BCUT2D eigenvalue weighted by molar-refractivity contribution is 5.86. The first kappa shape index (κ1) is 20.0. The van der Waals surface area contributed by atoms with Crippen LogP contribution in [0.5, 0.6) is 5.75 Å². The van der Waals surface area contributed by atoms with E-state index >= 15 is 0 Å². The van der Waals surface area contributed by atoms with E-state index in [0.717, 1.165) is 30.6 Å². The molecule has 2 unspecified atom stereocenters. The monoisotopic (exact) mass is 393 g/mol. The second-order valence-corrected chi connectivity index (χ2v) is 8.02. The van der Waals surface area contributed by atoms with Crippen molar-refractivity contribution in [3.05, 3.63) is 65.4 Å². The molecule has 0 amide bonds. The summed E-state index contributed by atoms with van der Waals surface area (Å²) in [6, 6.07) is 16.8. The van der Waals surface area contributed by atoms with Crippen molar-refractivity contribution in [3.63, 3.8) is 0 Å². The number of aryl methyl sites for hydroxylation is 1. The number of hydrogen-bond acceptors (Lipinski definition) is 3. The molecule has 0 fully saturated rings. The van der Waals surface area contributed by atoms with Crippen molar-refractivity contribution in [1.82, 2.24) is 4.57 Å². The van der Waals surface area contributed by atoms with Crippen LogP contribution in [0.1, 0.15) is 62.8 Å². The van der Waals surface area contributed by atoms with Gasteiger partial charge in [-0.3, -0.25) is 0 Å². The Kier molecular flexibility index (Phi) is 5.93. The smallest absolute Gasteiger partial charge is 0.137 e. The molecule has 1 aliphatic rings. The average Bonchev–Trinajstić information content (AvgIpc) is 3.23. The van der Waals surface area contributed by atoms with Crippen molar-refractivity contribution >= 4 is 10.9 Å². The van der Waals surface area contributed by atoms with Gasteiger partial charge in [0.25, 0.3) is 0 Å². The van der Waals surface area contributed by atoms with Crippen molar-refractivity contribution < 1.29 is 14.2 Å². The topological polar surface area (TPSA) is 32.6 Å². The van der Waals surface area contributed by atoms with E-state index in [2.05, 4.69) is 61.7 Å². The summed E-state index contributed by atoms with van der Waals surface area (Å²) in [5.41, 5.74) is 5.12. The highest BCUT2D eigenvalue weighted by Crippen LogP contribution is 2.46. The Morgan fingerprint density at radius 1 is 1.07 bits per heavy atom. The summed E-state index contributed by atoms with van der Waals surface area (Å²) in [5, 5.41) is 1.33. The molecule has 3 aromatic rings. The van der Waals surface area contributed by atoms with Gasteiger partial charge < -0.3 is 18.8 Å². The second kappa shape index (κ2) is 8.60. The van der Waals surface area contributed by atoms with Crippen LogP contribution in [0.4, 0.5) is 0 Å². The number of methoxy groups -OCH3 is 1. The van der Waals surface area contributed by atoms with Gasteiger partial charge in [0.15, 0.2) is 0 Å². The largest absolute Gasteiger partial charge is 0.497 e. The van der Waals surface area contributed by atoms with Crippen molar-refractivity contribution in [3.8, 4) is 5.75 Å². The molecule has 0 aliphatic carbocycles. The van der Waals surface area contributed by atoms with Gasteiger partial charge in [-0.1, -0.05) is 43.7 Å². The third-order valence-corrected chi connectivity index (χ3v) is 5.61. The molecule has 2 aromatic carbocycles. The molecule has 154 valence electrons. The first-order chi connectivity index (χ1) is 14.1. The molecule has 2 atom stereocenters. The first-order valence-corrected chi connectivity index (χ1v) is 10.6. The van der Waals surface area contributed by atoms with Crippen LogP contribution < -0.4 is 4.74 Å². The Morgan fingerprint density at radius 2 is 1.83 bits per heavy atom. The van der Waals surface area contributed by atoms with Gasteiger partial charge in [0.05, 0.1) is 31.0 Å². The third-order valence-electron chi connectivity index (χ3n) is 5.61. The summed E-state index contributed by atoms with van der Waals surface area (Å²) in [7, 11) is 1.69. The molecule has 4 rings (SSSR count). The van der Waals surface area contributed by atoms with Gasteiger partial charge in [0, 0.05) is 11.8 Å². The van der Waals surface area contributed by atoms with Crippen molar-refractivity contribution in [2.75, 3.05) is 7.11 Å². The summed E-state index contributed by atoms with van der Waals surface area (Å²) < 4.78 is 20.4. The zero-order chi connectivity index (χ0) is 20.4. The van der Waals surface area contributed by atoms with E-state index in [4.69, 9.17) is 14.2 Å². The Morgan fingerprint density at radius 3 is 2.52 bits per heavy atom. The Balaban J connectivity index is 1.67. The maximum absolute atomic E-state index is 6.48. The van der Waals surface area contributed by atoms with Gasteiger partial charge in [-0.05, 0) is 49.6 Å². The van der Waals surface area contributed by atoms with Crippen LogP contribution in [0.2, 0.25) is 0 Å². The lowest BCUT2D eigenvalue weighted by Crippen LogP contribution is -2.13. The number of benzene rings is 2. The number of rotatable bonds is 8. The predicted molar refractivity (Wildman–Crippen MR) is 116 cm³/mol. The first-order valence-electron chi connectivity index (χ1n) is 10.6. The lowest BCUT2D eigenvalue weighted by atomic mass is 10.0. The third kappa shape index (κ3) is 3.92. The molecule has 0 N–H and O–H groups in total. The van der Waals surface area contributed by atoms with E-state index in [-0.39, 0.29) is 18.4 Å². The molecule has 2 heterocycles. The SMILES string of the molecule is CCCc1c2n(c3ccccc13)C(OC(C)C)CC2OCc1ccc(OC)cc1. The molecule has 0 bridgehead atoms. The predicted octanol–water partition coefficient (Wildman–Crippen LogP) is 6.19. The minimum atomic E-state index is 0.0152. The van der Waals surface area contributed by atoms with Crippen molar-refractivity contribution in [2.24, 2.45) is 0 Å². The van der Waals surface area contributed by atoms with Gasteiger partial charge in [0.1, 0.15) is 18.1 Å². The quantitative estimate of drug-likeness (QED) is 0.457. The van der Waals surface area contributed by atoms with Crippen LogP contribution >= 0.6 is 0 Å². The molecular formula is C25H31NO3. The van der Waals surface area contributed by atoms with E-state index in [0.29, 0.717) is 6.61 Å². The molecule has 4 nitrogen and oxygen atoms in total. The molecule has 4 heteroatoms. The van der Waals surface area contributed by atoms with Crippen molar-refractivity contribution in [1.29, 1.82) is 0 Å². The van der Waals surface area contributed by atoms with E-state index in [1.54, 1.807) is 7.11 Å². The van der Waals surface area contributed by atoms with Gasteiger partial charge >= 0.3 is 0 Å². The molecule has 1 aromatic heterocycles. The maximum Gasteiger partial charge on any atom is 0.137 e. The van der Waals surface area contributed by atoms with Crippen LogP contribution in [0.15, 0.2) is 48.5 Å². The number of fused-ring (bicyclic) bond motifs is 3. The highest BCUT2D eigenvalue weighted by atomic mass is 16.5. The standard InChI is InChI=1S/C25H31NO3/c1-5-8-21-20-9-6-7-10-22(20)26-24(29-17(2)3)15-23(25(21)26)28-16-18-11-13-19(27-4)14-12-18/h6-7,9-14,17,23-24H,5,8,15-16H2,1-4H3. The van der Waals surface area contributed by atoms with Gasteiger partial charge in [-0.2, -0.15) is 0 Å². The second-order valence-electron chi connectivity index (χ2n) is 8.02. The molecule has 0 radical (unpaired) electrons. The van der Waals surface area contributed by atoms with Crippen LogP contribution in [0.25, 0.3) is 10.9 Å². The van der Waals surface area contributed by atoms with Crippen molar-refractivity contribution in [2.45, 2.75) is 65.1 Å². The number of nitrogens with zero attached hydrogens (tertiary/aromatic N) is 1. The summed E-state index contributed by atoms with van der Waals surface area (Å²) >= 11 is 0. The summed E-state index contributed by atoms with van der Waals surface area (Å²) in [6.07, 6.45) is 3.24. The number of ether oxygens (including phenoxy) is 3. The Bertz CT molecular complexity index is 958. The lowest BCUT2D eigenvalue weighted by molar-refractivity contribution is -0.0521. The normalized spacial score (nSPS) is 18.5. The Labute approximate surface area is 173 Å². The van der Waals surface area contributed by atoms with E-state index < -0.39 is 0 Å². The zero-order valence-corrected chi connectivity index (χ0v) is 17.9. The molecule has 0 spiro atoms. The number of aromatic nitrogens is 1. The fraction of sp³-hybridized carbons (Fsp3) is 0.440. The van der Waals surface area contributed by atoms with Gasteiger partial charge in [0.2, 0.25) is 0 Å². The maximum atomic E-state index is 6.48. The van der Waals surface area contributed by atoms with Gasteiger partial charge in [-0.25, -0.2) is 0 Å². The molecule has 1 aliphatic heterocycles. The zero-order valence-electron chi connectivity index (χ0n) is 17.9. The fourth-order valence-corrected chi connectivity index (χ4v) is 4.42.